The molecule has 0 spiro atoms. The molecule has 0 aliphatic heterocycles. The molecule has 0 heterocycles. The van der Waals surface area contributed by atoms with E-state index < -0.39 is 0 Å². The van der Waals surface area contributed by atoms with Gasteiger partial charge in [-0.25, -0.2) is 0 Å². The van der Waals surface area contributed by atoms with Gasteiger partial charge in [0, 0.05) is 5.69 Å². The molecule has 84 valence electrons. The zero-order valence-corrected chi connectivity index (χ0v) is 10.9. The molecule has 0 radical (unpaired) electrons. The number of benzene rings is 1. The molecule has 0 saturated carbocycles. The van der Waals surface area contributed by atoms with Gasteiger partial charge in [0.25, 0.3) is 0 Å². The second-order valence-corrected chi connectivity index (χ2v) is 5.91. The maximum Gasteiger partial charge on any atom is 0.0608 e. The third-order valence-electron chi connectivity index (χ3n) is 2.11. The van der Waals surface area contributed by atoms with E-state index in [1.807, 2.05) is 0 Å². The van der Waals surface area contributed by atoms with Gasteiger partial charge in [-0.3, -0.25) is 0 Å². The van der Waals surface area contributed by atoms with Crippen molar-refractivity contribution in [3.05, 3.63) is 29.8 Å². The van der Waals surface area contributed by atoms with Crippen molar-refractivity contribution in [2.45, 2.75) is 27.2 Å². The van der Waals surface area contributed by atoms with E-state index in [2.05, 4.69) is 56.6 Å². The van der Waals surface area contributed by atoms with Crippen LogP contribution in [0.15, 0.2) is 24.3 Å². The van der Waals surface area contributed by atoms with Gasteiger partial charge in [0.2, 0.25) is 0 Å². The minimum Gasteiger partial charge on any atom is -0.376 e. The first-order valence-corrected chi connectivity index (χ1v) is 6.72. The van der Waals surface area contributed by atoms with Gasteiger partial charge in [0.05, 0.1) is 5.88 Å². The van der Waals surface area contributed by atoms with Crippen LogP contribution in [0.4, 0.5) is 5.69 Å². The fourth-order valence-electron chi connectivity index (χ4n) is 1.51. The van der Waals surface area contributed by atoms with E-state index in [0.717, 1.165) is 12.3 Å². The lowest BCUT2D eigenvalue weighted by atomic mass is 9.88. The zero-order valence-electron chi connectivity index (χ0n) is 10.1. The molecule has 1 aromatic rings. The average Bonchev–Trinajstić information content (AvgIpc) is 2.14. The van der Waals surface area contributed by atoms with Crippen LogP contribution >= 0.6 is 11.8 Å². The van der Waals surface area contributed by atoms with Crippen LogP contribution in [0.3, 0.4) is 0 Å². The zero-order chi connectivity index (χ0) is 11.3. The summed E-state index contributed by atoms with van der Waals surface area (Å²) < 4.78 is 0. The Kier molecular flexibility index (Phi) is 4.52. The Bertz CT molecular complexity index is 284. The second kappa shape index (κ2) is 5.45. The Morgan fingerprint density at radius 1 is 1.13 bits per heavy atom. The van der Waals surface area contributed by atoms with Crippen molar-refractivity contribution >= 4 is 17.4 Å². The standard InChI is InChI=1S/C13H21NS/c1-13(2,3)9-11-5-7-12(8-6-11)14-10-15-4/h5-8,14H,9-10H2,1-4H3. The Morgan fingerprint density at radius 2 is 1.73 bits per heavy atom. The number of thioether (sulfide) groups is 1. The highest BCUT2D eigenvalue weighted by atomic mass is 32.2. The Balaban J connectivity index is 2.56. The lowest BCUT2D eigenvalue weighted by molar-refractivity contribution is 0.411. The van der Waals surface area contributed by atoms with Gasteiger partial charge < -0.3 is 5.32 Å². The molecule has 0 bridgehead atoms. The van der Waals surface area contributed by atoms with Crippen molar-refractivity contribution in [2.75, 3.05) is 17.4 Å². The quantitative estimate of drug-likeness (QED) is 0.774. The van der Waals surface area contributed by atoms with Crippen LogP contribution in [-0.4, -0.2) is 12.1 Å². The smallest absolute Gasteiger partial charge is 0.0608 e. The molecule has 1 N–H and O–H groups in total. The average molecular weight is 223 g/mol. The lowest BCUT2D eigenvalue weighted by Crippen LogP contribution is -2.09. The monoisotopic (exact) mass is 223 g/mol. The molecule has 2 heteroatoms. The SMILES string of the molecule is CSCNc1ccc(CC(C)(C)C)cc1. The molecule has 0 atom stereocenters. The van der Waals surface area contributed by atoms with Crippen LogP contribution in [0.1, 0.15) is 26.3 Å². The van der Waals surface area contributed by atoms with Crippen molar-refractivity contribution in [3.63, 3.8) is 0 Å². The van der Waals surface area contributed by atoms with E-state index in [9.17, 15) is 0 Å². The van der Waals surface area contributed by atoms with Gasteiger partial charge >= 0.3 is 0 Å². The summed E-state index contributed by atoms with van der Waals surface area (Å²) in [6, 6.07) is 8.76. The van der Waals surface area contributed by atoms with Crippen LogP contribution in [0.2, 0.25) is 0 Å². The normalized spacial score (nSPS) is 11.5. The van der Waals surface area contributed by atoms with Crippen molar-refractivity contribution in [1.29, 1.82) is 0 Å². The number of nitrogens with one attached hydrogen (secondary N) is 1. The van der Waals surface area contributed by atoms with E-state index >= 15 is 0 Å². The molecule has 0 saturated heterocycles. The molecule has 1 aromatic carbocycles. The molecule has 1 nitrogen and oxygen atoms in total. The summed E-state index contributed by atoms with van der Waals surface area (Å²) >= 11 is 1.80. The molecule has 0 aliphatic carbocycles. The largest absolute Gasteiger partial charge is 0.376 e. The summed E-state index contributed by atoms with van der Waals surface area (Å²) in [7, 11) is 0. The third-order valence-corrected chi connectivity index (χ3v) is 2.54. The summed E-state index contributed by atoms with van der Waals surface area (Å²) in [5.74, 6) is 0.971. The molecule has 0 unspecified atom stereocenters. The van der Waals surface area contributed by atoms with Gasteiger partial charge in [-0.15, -0.1) is 11.8 Å². The maximum atomic E-state index is 3.35. The summed E-state index contributed by atoms with van der Waals surface area (Å²) in [6.07, 6.45) is 3.23. The number of hydrogen-bond donors (Lipinski definition) is 1. The number of rotatable bonds is 4. The molecule has 1 rings (SSSR count). The van der Waals surface area contributed by atoms with E-state index in [4.69, 9.17) is 0 Å². The Hall–Kier alpha value is -0.630. The van der Waals surface area contributed by atoms with Crippen molar-refractivity contribution in [3.8, 4) is 0 Å². The summed E-state index contributed by atoms with van der Waals surface area (Å²) in [5, 5.41) is 3.35. The van der Waals surface area contributed by atoms with Crippen molar-refractivity contribution < 1.29 is 0 Å². The molecular formula is C13H21NS. The molecule has 0 aliphatic rings. The highest BCUT2D eigenvalue weighted by Gasteiger charge is 2.10. The molecular weight excluding hydrogens is 202 g/mol. The molecule has 0 aromatic heterocycles. The predicted octanol–water partition coefficient (Wildman–Crippen LogP) is 4.01. The fourth-order valence-corrected chi connectivity index (χ4v) is 1.82. The topological polar surface area (TPSA) is 12.0 Å². The van der Waals surface area contributed by atoms with E-state index in [-0.39, 0.29) is 0 Å². The molecule has 15 heavy (non-hydrogen) atoms. The van der Waals surface area contributed by atoms with Crippen LogP contribution in [0.5, 0.6) is 0 Å². The van der Waals surface area contributed by atoms with Crippen molar-refractivity contribution in [2.24, 2.45) is 5.41 Å². The fraction of sp³-hybridized carbons (Fsp3) is 0.538. The van der Waals surface area contributed by atoms with Crippen LogP contribution in [-0.2, 0) is 6.42 Å². The second-order valence-electron chi connectivity index (χ2n) is 5.04. The van der Waals surface area contributed by atoms with E-state index in [0.29, 0.717) is 5.41 Å². The van der Waals surface area contributed by atoms with Crippen molar-refractivity contribution in [1.82, 2.24) is 0 Å². The molecule has 0 fully saturated rings. The van der Waals surface area contributed by atoms with Gasteiger partial charge in [-0.05, 0) is 35.8 Å². The van der Waals surface area contributed by atoms with Gasteiger partial charge in [0.15, 0.2) is 0 Å². The highest BCUT2D eigenvalue weighted by molar-refractivity contribution is 7.98. The predicted molar refractivity (Wildman–Crippen MR) is 71.6 cm³/mol. The van der Waals surface area contributed by atoms with Crippen LogP contribution in [0, 0.1) is 5.41 Å². The minimum absolute atomic E-state index is 0.369. The Morgan fingerprint density at radius 3 is 2.20 bits per heavy atom. The maximum absolute atomic E-state index is 3.35. The number of hydrogen-bond acceptors (Lipinski definition) is 2. The number of anilines is 1. The molecule has 0 amide bonds. The van der Waals surface area contributed by atoms with Crippen LogP contribution in [0.25, 0.3) is 0 Å². The van der Waals surface area contributed by atoms with E-state index in [1.165, 1.54) is 11.3 Å². The summed E-state index contributed by atoms with van der Waals surface area (Å²) in [6.45, 7) is 6.81. The van der Waals surface area contributed by atoms with E-state index in [1.54, 1.807) is 11.8 Å². The first kappa shape index (κ1) is 12.4. The van der Waals surface area contributed by atoms with Gasteiger partial charge in [-0.1, -0.05) is 32.9 Å². The first-order valence-electron chi connectivity index (χ1n) is 5.33. The van der Waals surface area contributed by atoms with Gasteiger partial charge in [-0.2, -0.15) is 0 Å². The first-order chi connectivity index (χ1) is 7.01. The lowest BCUT2D eigenvalue weighted by Gasteiger charge is -2.18. The summed E-state index contributed by atoms with van der Waals surface area (Å²) in [5.41, 5.74) is 2.99. The van der Waals surface area contributed by atoms with Crippen LogP contribution < -0.4 is 5.32 Å². The minimum atomic E-state index is 0.369. The summed E-state index contributed by atoms with van der Waals surface area (Å²) in [4.78, 5) is 0. The third kappa shape index (κ3) is 5.12. The Labute approximate surface area is 97.7 Å². The van der Waals surface area contributed by atoms with Gasteiger partial charge in [0.1, 0.15) is 0 Å². The highest BCUT2D eigenvalue weighted by Crippen LogP contribution is 2.21.